The lowest BCUT2D eigenvalue weighted by atomic mass is 9.88. The third-order valence-corrected chi connectivity index (χ3v) is 5.40. The summed E-state index contributed by atoms with van der Waals surface area (Å²) in [6, 6.07) is 24.4. The molecular formula is C26H20. The lowest BCUT2D eigenvalue weighted by Crippen LogP contribution is -1.88. The Morgan fingerprint density at radius 3 is 2.00 bits per heavy atom. The first kappa shape index (κ1) is 15.2. The van der Waals surface area contributed by atoms with E-state index < -0.39 is 0 Å². The molecular weight excluding hydrogens is 312 g/mol. The van der Waals surface area contributed by atoms with Gasteiger partial charge in [0.15, 0.2) is 0 Å². The van der Waals surface area contributed by atoms with Gasteiger partial charge in [-0.2, -0.15) is 0 Å². The third kappa shape index (κ3) is 2.18. The Kier molecular flexibility index (Phi) is 3.54. The number of unbranched alkanes of at least 4 members (excludes halogenated alkanes) is 2. The van der Waals surface area contributed by atoms with Crippen LogP contribution in [0.4, 0.5) is 0 Å². The van der Waals surface area contributed by atoms with Gasteiger partial charge < -0.3 is 0 Å². The van der Waals surface area contributed by atoms with Crippen molar-refractivity contribution in [2.24, 2.45) is 0 Å². The molecule has 0 saturated carbocycles. The standard InChI is InChI=1S/C26H20/c1-2-3-4-5-9-18-16-17-24-22-14-7-11-19-10-6-13-21(25(19)22)23-15-8-12-20(18)26(23)24/h6-8,10-17H,2-4H2,1H3. The Morgan fingerprint density at radius 2 is 1.27 bits per heavy atom. The van der Waals surface area contributed by atoms with Crippen molar-refractivity contribution in [2.45, 2.75) is 26.2 Å². The van der Waals surface area contributed by atoms with Crippen molar-refractivity contribution in [3.05, 3.63) is 72.3 Å². The van der Waals surface area contributed by atoms with Crippen LogP contribution in [0.25, 0.3) is 43.1 Å². The van der Waals surface area contributed by atoms with E-state index in [1.165, 1.54) is 55.9 Å². The summed E-state index contributed by atoms with van der Waals surface area (Å²) in [4.78, 5) is 0. The van der Waals surface area contributed by atoms with Crippen LogP contribution in [-0.4, -0.2) is 0 Å². The van der Waals surface area contributed by atoms with Gasteiger partial charge >= 0.3 is 0 Å². The SMILES string of the molecule is CCCCC#Cc1ccc2c3cccc4cccc(c5cccc1c52)c43. The summed E-state index contributed by atoms with van der Waals surface area (Å²) < 4.78 is 0. The van der Waals surface area contributed by atoms with Crippen molar-refractivity contribution in [3.8, 4) is 11.8 Å². The van der Waals surface area contributed by atoms with Crippen LogP contribution >= 0.6 is 0 Å². The van der Waals surface area contributed by atoms with Crippen LogP contribution in [0.3, 0.4) is 0 Å². The zero-order valence-electron chi connectivity index (χ0n) is 15.0. The molecule has 0 saturated heterocycles. The average Bonchev–Trinajstić information content (AvgIpc) is 2.69. The second-order valence-electron chi connectivity index (χ2n) is 7.00. The highest BCUT2D eigenvalue weighted by atomic mass is 14.2. The molecule has 0 atom stereocenters. The van der Waals surface area contributed by atoms with Gasteiger partial charge in [0, 0.05) is 12.0 Å². The van der Waals surface area contributed by atoms with Gasteiger partial charge in [-0.15, -0.1) is 0 Å². The third-order valence-electron chi connectivity index (χ3n) is 5.40. The molecule has 0 heterocycles. The smallest absolute Gasteiger partial charge is 0.0324 e. The molecule has 0 radical (unpaired) electrons. The van der Waals surface area contributed by atoms with Gasteiger partial charge in [0.2, 0.25) is 0 Å². The van der Waals surface area contributed by atoms with Gasteiger partial charge in [0.05, 0.1) is 0 Å². The van der Waals surface area contributed by atoms with E-state index in [1.807, 2.05) is 0 Å². The summed E-state index contributed by atoms with van der Waals surface area (Å²) in [5, 5.41) is 10.6. The molecule has 0 spiro atoms. The molecule has 0 fully saturated rings. The molecule has 124 valence electrons. The Hall–Kier alpha value is -3.04. The quantitative estimate of drug-likeness (QED) is 0.138. The van der Waals surface area contributed by atoms with Crippen molar-refractivity contribution in [2.75, 3.05) is 0 Å². The summed E-state index contributed by atoms with van der Waals surface area (Å²) in [6.45, 7) is 2.21. The summed E-state index contributed by atoms with van der Waals surface area (Å²) in [6.07, 6.45) is 3.34. The molecule has 0 unspecified atom stereocenters. The fourth-order valence-corrected chi connectivity index (χ4v) is 4.18. The van der Waals surface area contributed by atoms with E-state index in [1.54, 1.807) is 0 Å². The van der Waals surface area contributed by atoms with Crippen LogP contribution in [-0.2, 0) is 0 Å². The van der Waals surface area contributed by atoms with Crippen LogP contribution < -0.4 is 0 Å². The summed E-state index contributed by atoms with van der Waals surface area (Å²) >= 11 is 0. The number of hydrogen-bond donors (Lipinski definition) is 0. The maximum atomic E-state index is 3.42. The highest BCUT2D eigenvalue weighted by molar-refractivity contribution is 6.33. The van der Waals surface area contributed by atoms with E-state index in [9.17, 15) is 0 Å². The zero-order chi connectivity index (χ0) is 17.5. The summed E-state index contributed by atoms with van der Waals surface area (Å²) in [7, 11) is 0. The predicted octanol–water partition coefficient (Wildman–Crippen LogP) is 7.28. The van der Waals surface area contributed by atoms with Crippen molar-refractivity contribution in [1.29, 1.82) is 0 Å². The van der Waals surface area contributed by atoms with E-state index in [0.29, 0.717) is 0 Å². The molecule has 5 rings (SSSR count). The molecule has 0 amide bonds. The molecule has 5 aromatic carbocycles. The molecule has 0 heteroatoms. The largest absolute Gasteiger partial charge is 0.0979 e. The minimum Gasteiger partial charge on any atom is -0.0979 e. The zero-order valence-corrected chi connectivity index (χ0v) is 15.0. The number of benzene rings is 5. The molecule has 0 nitrogen and oxygen atoms in total. The van der Waals surface area contributed by atoms with Crippen LogP contribution in [0.2, 0.25) is 0 Å². The number of hydrogen-bond acceptors (Lipinski definition) is 0. The Balaban J connectivity index is 1.92. The van der Waals surface area contributed by atoms with Gasteiger partial charge in [-0.1, -0.05) is 85.8 Å². The normalized spacial score (nSPS) is 11.4. The highest BCUT2D eigenvalue weighted by Crippen LogP contribution is 2.40. The minimum atomic E-state index is 0.974. The summed E-state index contributed by atoms with van der Waals surface area (Å²) in [5.41, 5.74) is 1.15. The van der Waals surface area contributed by atoms with Gasteiger partial charge in [-0.3, -0.25) is 0 Å². The van der Waals surface area contributed by atoms with Crippen LogP contribution in [0.5, 0.6) is 0 Å². The fourth-order valence-electron chi connectivity index (χ4n) is 4.18. The minimum absolute atomic E-state index is 0.974. The second-order valence-corrected chi connectivity index (χ2v) is 7.00. The first-order valence-corrected chi connectivity index (χ1v) is 9.45. The maximum absolute atomic E-state index is 3.42. The highest BCUT2D eigenvalue weighted by Gasteiger charge is 2.13. The molecule has 5 aromatic rings. The summed E-state index contributed by atoms with van der Waals surface area (Å²) in [5.74, 6) is 6.78. The lowest BCUT2D eigenvalue weighted by molar-refractivity contribution is 0.828. The topological polar surface area (TPSA) is 0 Å². The van der Waals surface area contributed by atoms with Crippen LogP contribution in [0.15, 0.2) is 66.7 Å². The van der Waals surface area contributed by atoms with E-state index in [2.05, 4.69) is 85.5 Å². The Morgan fingerprint density at radius 1 is 0.654 bits per heavy atom. The van der Waals surface area contributed by atoms with Gasteiger partial charge in [0.1, 0.15) is 0 Å². The molecule has 26 heavy (non-hydrogen) atoms. The van der Waals surface area contributed by atoms with E-state index in [-0.39, 0.29) is 0 Å². The van der Waals surface area contributed by atoms with E-state index >= 15 is 0 Å². The molecule has 0 aliphatic carbocycles. The molecule has 0 bridgehead atoms. The first-order valence-electron chi connectivity index (χ1n) is 9.45. The lowest BCUT2D eigenvalue weighted by Gasteiger charge is -2.14. The van der Waals surface area contributed by atoms with E-state index in [4.69, 9.17) is 0 Å². The molecule has 0 aromatic heterocycles. The van der Waals surface area contributed by atoms with Gasteiger partial charge in [-0.05, 0) is 55.6 Å². The van der Waals surface area contributed by atoms with Crippen molar-refractivity contribution in [1.82, 2.24) is 0 Å². The van der Waals surface area contributed by atoms with Crippen molar-refractivity contribution >= 4 is 43.1 Å². The van der Waals surface area contributed by atoms with Crippen molar-refractivity contribution in [3.63, 3.8) is 0 Å². The number of rotatable bonds is 2. The fraction of sp³-hybridized carbons (Fsp3) is 0.154. The first-order chi connectivity index (χ1) is 12.9. The maximum Gasteiger partial charge on any atom is 0.0324 e. The van der Waals surface area contributed by atoms with Crippen LogP contribution in [0.1, 0.15) is 31.7 Å². The van der Waals surface area contributed by atoms with Gasteiger partial charge in [-0.25, -0.2) is 0 Å². The number of fused-ring (bicyclic) bond motifs is 2. The monoisotopic (exact) mass is 332 g/mol. The molecule has 0 aliphatic heterocycles. The van der Waals surface area contributed by atoms with Crippen molar-refractivity contribution < 1.29 is 0 Å². The predicted molar refractivity (Wildman–Crippen MR) is 114 cm³/mol. The molecule has 0 aliphatic rings. The Bertz CT molecular complexity index is 1260. The average molecular weight is 332 g/mol. The second kappa shape index (κ2) is 6.04. The Labute approximate surface area is 153 Å². The van der Waals surface area contributed by atoms with Crippen LogP contribution in [0, 0.1) is 11.8 Å². The molecule has 0 N–H and O–H groups in total. The van der Waals surface area contributed by atoms with E-state index in [0.717, 1.165) is 12.0 Å². The van der Waals surface area contributed by atoms with Gasteiger partial charge in [0.25, 0.3) is 0 Å².